The number of carbonyl (C=O) groups is 2. The van der Waals surface area contributed by atoms with E-state index >= 15 is 0 Å². The molecule has 6 aliphatic rings. The SMILES string of the molecule is CC(=O)c1ccc2c(c1)CC(C(C)C)=N2.CC(C)C1=Nc2cc(C(F)(F)F)ccc2C1.CC(C)C1=Nc2ccc(C(=O)N3CCN(C)CC3)cc2C1.CC(C)C1=Nc2ccc(F)cc2C1.CC(C)C1=Nc2cccnc2C1.CC(C)c1nc2ccccc2n1C. The molecule has 1 fully saturated rings. The second-order valence-corrected chi connectivity index (χ2v) is 25.8. The molecule has 0 bridgehead atoms. The summed E-state index contributed by atoms with van der Waals surface area (Å²) in [5.41, 5.74) is 19.0. The average molecular weight is 1230 g/mol. The molecule has 90 heavy (non-hydrogen) atoms. The van der Waals surface area contributed by atoms with Crippen molar-refractivity contribution in [1.82, 2.24) is 24.3 Å². The summed E-state index contributed by atoms with van der Waals surface area (Å²) < 4.78 is 52.4. The third kappa shape index (κ3) is 17.2. The maximum atomic E-state index is 12.8. The number of pyridine rings is 1. The molecule has 16 heteroatoms. The number of imidazole rings is 1. The van der Waals surface area contributed by atoms with E-state index in [4.69, 9.17) is 0 Å². The number of rotatable bonds is 8. The summed E-state index contributed by atoms with van der Waals surface area (Å²) in [5, 5.41) is 0. The lowest BCUT2D eigenvalue weighted by Crippen LogP contribution is -2.47. The van der Waals surface area contributed by atoms with Crippen LogP contribution < -0.4 is 0 Å². The van der Waals surface area contributed by atoms with Crippen LogP contribution >= 0.6 is 0 Å². The Hall–Kier alpha value is -8.11. The molecule has 6 aliphatic heterocycles. The molecular formula is C74H88F4N10O2. The molecule has 2 aromatic heterocycles. The van der Waals surface area contributed by atoms with Gasteiger partial charge in [0.25, 0.3) is 5.91 Å². The summed E-state index contributed by atoms with van der Waals surface area (Å²) in [6, 6.07) is 32.5. The van der Waals surface area contributed by atoms with Gasteiger partial charge in [-0.1, -0.05) is 101 Å². The van der Waals surface area contributed by atoms with Crippen LogP contribution in [-0.4, -0.2) is 97.8 Å². The topological polar surface area (TPSA) is 133 Å². The third-order valence-electron chi connectivity index (χ3n) is 16.7. The zero-order chi connectivity index (χ0) is 65.3. The molecule has 13 rings (SSSR count). The van der Waals surface area contributed by atoms with Crippen molar-refractivity contribution in [3.63, 3.8) is 0 Å². The highest BCUT2D eigenvalue weighted by atomic mass is 19.4. The maximum absolute atomic E-state index is 12.8. The Morgan fingerprint density at radius 1 is 0.478 bits per heavy atom. The van der Waals surface area contributed by atoms with Gasteiger partial charge in [-0.05, 0) is 157 Å². The number of aliphatic imine (C=N–C) groups is 5. The lowest BCUT2D eigenvalue weighted by atomic mass is 10.0. The van der Waals surface area contributed by atoms with E-state index in [0.29, 0.717) is 41.7 Å². The van der Waals surface area contributed by atoms with Gasteiger partial charge in [0, 0.05) is 117 Å². The monoisotopic (exact) mass is 1220 g/mol. The Balaban J connectivity index is 0.000000141. The highest BCUT2D eigenvalue weighted by molar-refractivity contribution is 6.01. The van der Waals surface area contributed by atoms with Crippen molar-refractivity contribution in [2.24, 2.45) is 61.6 Å². The zero-order valence-corrected chi connectivity index (χ0v) is 55.1. The molecule has 0 N–H and O–H groups in total. The summed E-state index contributed by atoms with van der Waals surface area (Å²) in [4.78, 5) is 59.3. The quantitative estimate of drug-likeness (QED) is 0.110. The Bertz CT molecular complexity index is 3890. The Kier molecular flexibility index (Phi) is 22.4. The average Bonchev–Trinajstić information content (AvgIpc) is 2.92. The number of ketones is 1. The molecule has 12 nitrogen and oxygen atoms in total. The van der Waals surface area contributed by atoms with Gasteiger partial charge in [-0.15, -0.1) is 0 Å². The number of hydrogen-bond donors (Lipinski definition) is 0. The first-order chi connectivity index (χ1) is 42.6. The number of likely N-dealkylation sites (N-methyl/N-ethyl adjacent to an activating group) is 1. The largest absolute Gasteiger partial charge is 0.416 e. The number of halogens is 4. The first kappa shape index (κ1) is 67.8. The van der Waals surface area contributed by atoms with Gasteiger partial charge in [0.1, 0.15) is 11.6 Å². The predicted molar refractivity (Wildman–Crippen MR) is 361 cm³/mol. The maximum Gasteiger partial charge on any atom is 0.416 e. The summed E-state index contributed by atoms with van der Waals surface area (Å²) >= 11 is 0. The number of nitrogens with zero attached hydrogens (tertiary/aromatic N) is 10. The van der Waals surface area contributed by atoms with E-state index in [1.54, 1.807) is 19.1 Å². The fourth-order valence-electron chi connectivity index (χ4n) is 11.0. The van der Waals surface area contributed by atoms with Crippen LogP contribution in [0.1, 0.15) is 156 Å². The Labute approximate surface area is 529 Å². The number of piperazine rings is 1. The fourth-order valence-corrected chi connectivity index (χ4v) is 11.0. The van der Waals surface area contributed by atoms with Gasteiger partial charge in [-0.2, -0.15) is 13.2 Å². The number of para-hydroxylation sites is 2. The highest BCUT2D eigenvalue weighted by Crippen LogP contribution is 2.37. The van der Waals surface area contributed by atoms with Gasteiger partial charge in [0.05, 0.1) is 50.7 Å². The number of benzene rings is 5. The minimum absolute atomic E-state index is 0.121. The lowest BCUT2D eigenvalue weighted by Gasteiger charge is -2.32. The molecule has 0 spiro atoms. The van der Waals surface area contributed by atoms with Gasteiger partial charge in [-0.3, -0.25) is 39.5 Å². The van der Waals surface area contributed by atoms with Crippen molar-refractivity contribution in [1.29, 1.82) is 0 Å². The second-order valence-electron chi connectivity index (χ2n) is 25.8. The van der Waals surface area contributed by atoms with Crippen LogP contribution in [-0.2, 0) is 45.3 Å². The van der Waals surface area contributed by atoms with Gasteiger partial charge >= 0.3 is 6.18 Å². The first-order valence-electron chi connectivity index (χ1n) is 31.6. The number of carbonyl (C=O) groups excluding carboxylic acids is 2. The van der Waals surface area contributed by atoms with E-state index in [1.807, 2.05) is 85.6 Å². The van der Waals surface area contributed by atoms with E-state index in [-0.39, 0.29) is 23.4 Å². The second kappa shape index (κ2) is 29.7. The van der Waals surface area contributed by atoms with Crippen LogP contribution in [0.25, 0.3) is 11.0 Å². The molecule has 1 saturated heterocycles. The number of fused-ring (bicyclic) bond motifs is 6. The number of amides is 1. The summed E-state index contributed by atoms with van der Waals surface area (Å²) in [7, 11) is 4.17. The van der Waals surface area contributed by atoms with Gasteiger partial charge in [-0.25, -0.2) is 9.37 Å². The molecule has 0 aliphatic carbocycles. The minimum atomic E-state index is -4.29. The summed E-state index contributed by atoms with van der Waals surface area (Å²) in [6.45, 7) is 30.7. The van der Waals surface area contributed by atoms with E-state index in [1.165, 1.54) is 45.9 Å². The molecule has 0 radical (unpaired) electrons. The molecule has 0 saturated carbocycles. The summed E-state index contributed by atoms with van der Waals surface area (Å²) in [5.74, 6) is 3.97. The van der Waals surface area contributed by atoms with Crippen LogP contribution in [0.15, 0.2) is 140 Å². The van der Waals surface area contributed by atoms with Gasteiger partial charge < -0.3 is 14.4 Å². The third-order valence-corrected chi connectivity index (χ3v) is 16.7. The minimum Gasteiger partial charge on any atom is -0.336 e. The van der Waals surface area contributed by atoms with Crippen LogP contribution in [0.5, 0.6) is 0 Å². The van der Waals surface area contributed by atoms with Crippen molar-refractivity contribution in [3.05, 3.63) is 172 Å². The molecular weight excluding hydrogens is 1140 g/mol. The van der Waals surface area contributed by atoms with Crippen LogP contribution in [0, 0.1) is 35.4 Å². The van der Waals surface area contributed by atoms with E-state index in [0.717, 1.165) is 137 Å². The predicted octanol–water partition coefficient (Wildman–Crippen LogP) is 17.7. The molecule has 1 amide bonds. The number of aryl methyl sites for hydroxylation is 1. The lowest BCUT2D eigenvalue weighted by molar-refractivity contribution is -0.137. The molecule has 0 atom stereocenters. The summed E-state index contributed by atoms with van der Waals surface area (Å²) in [6.07, 6.45) is 1.75. The van der Waals surface area contributed by atoms with E-state index in [2.05, 4.69) is 140 Å². The van der Waals surface area contributed by atoms with Crippen molar-refractivity contribution in [3.8, 4) is 0 Å². The smallest absolute Gasteiger partial charge is 0.336 e. The van der Waals surface area contributed by atoms with Gasteiger partial charge in [0.2, 0.25) is 0 Å². The van der Waals surface area contributed by atoms with E-state index in [9.17, 15) is 27.2 Å². The molecule has 5 aromatic carbocycles. The number of Topliss-reactive ketones (excluding diaryl/α,β-unsaturated/α-hetero) is 1. The Morgan fingerprint density at radius 2 is 0.956 bits per heavy atom. The van der Waals surface area contributed by atoms with Crippen LogP contribution in [0.2, 0.25) is 0 Å². The van der Waals surface area contributed by atoms with Crippen molar-refractivity contribution < 1.29 is 27.2 Å². The normalized spacial score (nSPS) is 15.2. The number of aromatic nitrogens is 3. The van der Waals surface area contributed by atoms with Crippen molar-refractivity contribution in [2.75, 3.05) is 33.2 Å². The van der Waals surface area contributed by atoms with E-state index < -0.39 is 11.7 Å². The molecule has 8 heterocycles. The molecule has 0 unspecified atom stereocenters. The zero-order valence-electron chi connectivity index (χ0n) is 55.1. The number of hydrogen-bond acceptors (Lipinski definition) is 10. The van der Waals surface area contributed by atoms with Crippen LogP contribution in [0.3, 0.4) is 0 Å². The van der Waals surface area contributed by atoms with Gasteiger partial charge in [0.15, 0.2) is 5.78 Å². The molecule has 474 valence electrons. The van der Waals surface area contributed by atoms with Crippen LogP contribution in [0.4, 0.5) is 46.0 Å². The highest BCUT2D eigenvalue weighted by Gasteiger charge is 2.32. The Morgan fingerprint density at radius 3 is 1.47 bits per heavy atom. The van der Waals surface area contributed by atoms with Crippen molar-refractivity contribution >= 4 is 79.7 Å². The fraction of sp³-hybridized carbons (Fsp3) is 0.419. The first-order valence-corrected chi connectivity index (χ1v) is 31.6. The number of alkyl halides is 3. The standard InChI is InChI=1S/C17H23N3O.C13H15NO.C12H12F3N.C11H12FN.C11H14N2.C10H12N2/c1-12(2)16-11-14-10-13(4-5-15(14)18-16)17(21)20-8-6-19(3)7-9-20;1-8(2)13-7-11-6-10(9(3)15)4-5-12(11)14-13;1-7(2)10-5-8-3-4-9(12(13,14)15)6-11(8)16-10;1-7(2)11-6-8-5-9(12)3-4-10(8)13-11;1-8(2)11-12-9-6-4-5-7-10(9)13(11)3;1-7(2)9-6-10-8(12-9)4-3-5-11-10/h4-5,10,12H,6-9,11H2,1-3H3;4-6,8H,7H2,1-3H3;3-4,6-7H,5H2,1-2H3;3-5,7H,6H2,1-2H3;4-8H,1-3H3;3-5,7H,6H2,1-2H3. The van der Waals surface area contributed by atoms with Crippen molar-refractivity contribution in [2.45, 2.75) is 134 Å². The molecule has 7 aromatic rings.